The molecule has 0 saturated carbocycles. The minimum absolute atomic E-state index is 0.131. The standard InChI is InChI=1S/C30H54O10/c31-12-4-15-34-18-7-21-37-25-30(26-38-22-8-19-35-16-5-13-32,27-39-23-9-20-36-17-6-14-33)28-40-24-29-10-2-1-3-11-29/h1-3,10-11,31-33H,4-9,12-28H2. The summed E-state index contributed by atoms with van der Waals surface area (Å²) in [5.41, 5.74) is 0.599. The normalized spacial score (nSPS) is 11.9. The molecule has 0 bridgehead atoms. The van der Waals surface area contributed by atoms with Gasteiger partial charge in [-0.2, -0.15) is 0 Å². The fraction of sp³-hybridized carbons (Fsp3) is 0.800. The number of benzene rings is 1. The van der Waals surface area contributed by atoms with E-state index in [1.807, 2.05) is 30.3 Å². The van der Waals surface area contributed by atoms with Crippen molar-refractivity contribution in [2.75, 3.05) is 106 Å². The summed E-state index contributed by atoms with van der Waals surface area (Å²) in [6.45, 7) is 7.52. The van der Waals surface area contributed by atoms with E-state index in [1.54, 1.807) is 0 Å². The molecule has 0 amide bonds. The summed E-state index contributed by atoms with van der Waals surface area (Å²) in [7, 11) is 0. The Morgan fingerprint density at radius 1 is 0.425 bits per heavy atom. The Bertz CT molecular complexity index is 584. The number of hydrogen-bond donors (Lipinski definition) is 3. The first-order chi connectivity index (χ1) is 19.8. The maximum atomic E-state index is 8.87. The molecule has 0 aliphatic carbocycles. The molecule has 1 aromatic rings. The van der Waals surface area contributed by atoms with E-state index in [-0.39, 0.29) is 19.8 Å². The summed E-state index contributed by atoms with van der Waals surface area (Å²) in [5, 5.41) is 26.6. The fourth-order valence-electron chi connectivity index (χ4n) is 3.67. The van der Waals surface area contributed by atoms with Gasteiger partial charge in [0.05, 0.1) is 38.4 Å². The summed E-state index contributed by atoms with van der Waals surface area (Å²) in [6, 6.07) is 10.0. The predicted molar refractivity (Wildman–Crippen MR) is 152 cm³/mol. The summed E-state index contributed by atoms with van der Waals surface area (Å²) < 4.78 is 41.0. The summed E-state index contributed by atoms with van der Waals surface area (Å²) in [6.07, 6.45) is 4.17. The SMILES string of the molecule is OCCCOCCCOCC(COCCCOCCCO)(COCCCOCCCO)COCc1ccccc1. The molecule has 0 atom stereocenters. The van der Waals surface area contributed by atoms with Gasteiger partial charge >= 0.3 is 0 Å². The van der Waals surface area contributed by atoms with Crippen molar-refractivity contribution in [3.8, 4) is 0 Å². The second-order valence-electron chi connectivity index (χ2n) is 9.77. The lowest BCUT2D eigenvalue weighted by molar-refractivity contribution is -0.112. The van der Waals surface area contributed by atoms with Crippen molar-refractivity contribution in [2.45, 2.75) is 45.1 Å². The zero-order valence-electron chi connectivity index (χ0n) is 24.3. The van der Waals surface area contributed by atoms with Crippen LogP contribution in [0.1, 0.15) is 44.1 Å². The summed E-state index contributed by atoms with van der Waals surface area (Å²) >= 11 is 0. The van der Waals surface area contributed by atoms with Crippen LogP contribution in [0.3, 0.4) is 0 Å². The molecule has 0 unspecified atom stereocenters. The van der Waals surface area contributed by atoms with Gasteiger partial charge in [-0.25, -0.2) is 0 Å². The van der Waals surface area contributed by atoms with Gasteiger partial charge in [-0.1, -0.05) is 30.3 Å². The lowest BCUT2D eigenvalue weighted by Gasteiger charge is -2.33. The molecule has 0 heterocycles. The van der Waals surface area contributed by atoms with Gasteiger partial charge in [-0.15, -0.1) is 0 Å². The van der Waals surface area contributed by atoms with Gasteiger partial charge in [0.25, 0.3) is 0 Å². The molecular formula is C30H54O10. The Morgan fingerprint density at radius 3 is 1.18 bits per heavy atom. The highest BCUT2D eigenvalue weighted by Gasteiger charge is 2.32. The van der Waals surface area contributed by atoms with Crippen molar-refractivity contribution in [1.29, 1.82) is 0 Å². The van der Waals surface area contributed by atoms with Crippen molar-refractivity contribution < 1.29 is 48.5 Å². The zero-order chi connectivity index (χ0) is 28.8. The Kier molecular flexibility index (Phi) is 25.8. The van der Waals surface area contributed by atoms with Gasteiger partial charge in [-0.3, -0.25) is 0 Å². The maximum Gasteiger partial charge on any atom is 0.0717 e. The van der Waals surface area contributed by atoms with E-state index in [9.17, 15) is 0 Å². The van der Waals surface area contributed by atoms with Crippen LogP contribution in [-0.4, -0.2) is 121 Å². The zero-order valence-corrected chi connectivity index (χ0v) is 24.3. The molecule has 1 rings (SSSR count). The van der Waals surface area contributed by atoms with Crippen LogP contribution in [0.4, 0.5) is 0 Å². The third-order valence-corrected chi connectivity index (χ3v) is 5.82. The van der Waals surface area contributed by atoms with Crippen molar-refractivity contribution in [3.63, 3.8) is 0 Å². The molecule has 10 nitrogen and oxygen atoms in total. The van der Waals surface area contributed by atoms with Gasteiger partial charge in [0.15, 0.2) is 0 Å². The third-order valence-electron chi connectivity index (χ3n) is 5.82. The van der Waals surface area contributed by atoms with E-state index in [1.165, 1.54) is 0 Å². The molecule has 0 saturated heterocycles. The molecule has 0 spiro atoms. The molecule has 0 aromatic heterocycles. The molecule has 0 radical (unpaired) electrons. The van der Waals surface area contributed by atoms with Gasteiger partial charge in [0, 0.05) is 79.3 Å². The lowest BCUT2D eigenvalue weighted by atomic mass is 9.92. The number of ether oxygens (including phenoxy) is 7. The van der Waals surface area contributed by atoms with Crippen molar-refractivity contribution >= 4 is 0 Å². The van der Waals surface area contributed by atoms with Gasteiger partial charge in [-0.05, 0) is 44.1 Å². The first-order valence-corrected chi connectivity index (χ1v) is 14.7. The van der Waals surface area contributed by atoms with Gasteiger partial charge < -0.3 is 48.5 Å². The van der Waals surface area contributed by atoms with E-state index in [4.69, 9.17) is 48.5 Å². The van der Waals surface area contributed by atoms with Crippen LogP contribution in [0.5, 0.6) is 0 Å². The molecule has 0 aliphatic rings. The minimum Gasteiger partial charge on any atom is -0.396 e. The van der Waals surface area contributed by atoms with E-state index in [2.05, 4.69) is 0 Å². The Balaban J connectivity index is 2.63. The van der Waals surface area contributed by atoms with Crippen LogP contribution in [0.25, 0.3) is 0 Å². The topological polar surface area (TPSA) is 125 Å². The Labute approximate surface area is 240 Å². The second kappa shape index (κ2) is 28.0. The predicted octanol–water partition coefficient (Wildman–Crippen LogP) is 2.61. The number of rotatable bonds is 31. The van der Waals surface area contributed by atoms with Crippen molar-refractivity contribution in [1.82, 2.24) is 0 Å². The van der Waals surface area contributed by atoms with Gasteiger partial charge in [0.1, 0.15) is 0 Å². The average molecular weight is 575 g/mol. The molecular weight excluding hydrogens is 520 g/mol. The van der Waals surface area contributed by atoms with Crippen LogP contribution >= 0.6 is 0 Å². The maximum absolute atomic E-state index is 8.87. The van der Waals surface area contributed by atoms with Crippen LogP contribution in [-0.2, 0) is 39.8 Å². The van der Waals surface area contributed by atoms with E-state index in [0.29, 0.717) is 112 Å². The molecule has 10 heteroatoms. The molecule has 0 fully saturated rings. The monoisotopic (exact) mass is 574 g/mol. The minimum atomic E-state index is -0.498. The first kappa shape index (κ1) is 36.8. The van der Waals surface area contributed by atoms with Crippen LogP contribution in [0.2, 0.25) is 0 Å². The third kappa shape index (κ3) is 21.6. The van der Waals surface area contributed by atoms with Crippen LogP contribution < -0.4 is 0 Å². The molecule has 3 N–H and O–H groups in total. The molecule has 1 aromatic carbocycles. The summed E-state index contributed by atoms with van der Waals surface area (Å²) in [4.78, 5) is 0. The van der Waals surface area contributed by atoms with Crippen LogP contribution in [0, 0.1) is 5.41 Å². The van der Waals surface area contributed by atoms with Crippen LogP contribution in [0.15, 0.2) is 30.3 Å². The highest BCUT2D eigenvalue weighted by atomic mass is 16.5. The number of aliphatic hydroxyl groups excluding tert-OH is 3. The lowest BCUT2D eigenvalue weighted by Crippen LogP contribution is -2.42. The molecule has 234 valence electrons. The quantitative estimate of drug-likeness (QED) is 0.114. The first-order valence-electron chi connectivity index (χ1n) is 14.7. The number of aliphatic hydroxyl groups is 3. The van der Waals surface area contributed by atoms with Crippen molar-refractivity contribution in [3.05, 3.63) is 35.9 Å². The summed E-state index contributed by atoms with van der Waals surface area (Å²) in [5.74, 6) is 0. The highest BCUT2D eigenvalue weighted by molar-refractivity contribution is 5.13. The molecule has 0 aliphatic heterocycles. The van der Waals surface area contributed by atoms with Crippen molar-refractivity contribution in [2.24, 2.45) is 5.41 Å². The van der Waals surface area contributed by atoms with E-state index < -0.39 is 5.41 Å². The van der Waals surface area contributed by atoms with E-state index in [0.717, 1.165) is 24.8 Å². The average Bonchev–Trinajstić information content (AvgIpc) is 2.97. The smallest absolute Gasteiger partial charge is 0.0717 e. The second-order valence-corrected chi connectivity index (χ2v) is 9.77. The largest absolute Gasteiger partial charge is 0.396 e. The number of hydrogen-bond acceptors (Lipinski definition) is 10. The van der Waals surface area contributed by atoms with Gasteiger partial charge in [0.2, 0.25) is 0 Å². The van der Waals surface area contributed by atoms with E-state index >= 15 is 0 Å². The Morgan fingerprint density at radius 2 is 0.775 bits per heavy atom. The Hall–Kier alpha value is -1.18. The fourth-order valence-corrected chi connectivity index (χ4v) is 3.67. The highest BCUT2D eigenvalue weighted by Crippen LogP contribution is 2.22. The molecule has 40 heavy (non-hydrogen) atoms.